The SMILES string of the molecule is CN1CCNCC1c1noc(CC2CCCC2)n1. The molecule has 1 atom stereocenters. The molecular weight excluding hydrogens is 228 g/mol. The van der Waals surface area contributed by atoms with E-state index in [1.54, 1.807) is 0 Å². The summed E-state index contributed by atoms with van der Waals surface area (Å²) in [7, 11) is 2.12. The lowest BCUT2D eigenvalue weighted by molar-refractivity contribution is 0.190. The van der Waals surface area contributed by atoms with Crippen molar-refractivity contribution in [3.8, 4) is 0 Å². The molecule has 0 aromatic carbocycles. The zero-order chi connectivity index (χ0) is 12.4. The first-order valence-corrected chi connectivity index (χ1v) is 7.06. The maximum atomic E-state index is 5.41. The van der Waals surface area contributed by atoms with E-state index in [9.17, 15) is 0 Å². The standard InChI is InChI=1S/C13H22N4O/c1-17-7-6-14-9-11(17)13-15-12(18-16-13)8-10-4-2-3-5-10/h10-11,14H,2-9H2,1H3. The van der Waals surface area contributed by atoms with E-state index in [0.717, 1.165) is 43.7 Å². The Balaban J connectivity index is 1.64. The first-order valence-electron chi connectivity index (χ1n) is 7.06. The van der Waals surface area contributed by atoms with Crippen molar-refractivity contribution in [3.05, 3.63) is 11.7 Å². The Morgan fingerprint density at radius 1 is 1.39 bits per heavy atom. The molecule has 1 N–H and O–H groups in total. The lowest BCUT2D eigenvalue weighted by Crippen LogP contribution is -2.44. The molecule has 1 aliphatic heterocycles. The van der Waals surface area contributed by atoms with Crippen LogP contribution in [0.15, 0.2) is 4.52 Å². The maximum absolute atomic E-state index is 5.41. The molecule has 0 spiro atoms. The van der Waals surface area contributed by atoms with Gasteiger partial charge in [-0.1, -0.05) is 18.0 Å². The van der Waals surface area contributed by atoms with E-state index < -0.39 is 0 Å². The predicted octanol–water partition coefficient (Wildman–Crippen LogP) is 1.38. The van der Waals surface area contributed by atoms with Gasteiger partial charge in [0.05, 0.1) is 6.04 Å². The molecule has 1 aromatic heterocycles. The molecule has 0 radical (unpaired) electrons. The topological polar surface area (TPSA) is 54.2 Å². The summed E-state index contributed by atoms with van der Waals surface area (Å²) in [4.78, 5) is 6.88. The second-order valence-corrected chi connectivity index (χ2v) is 5.60. The van der Waals surface area contributed by atoms with E-state index in [-0.39, 0.29) is 6.04 Å². The Morgan fingerprint density at radius 2 is 2.22 bits per heavy atom. The second-order valence-electron chi connectivity index (χ2n) is 5.60. The Labute approximate surface area is 108 Å². The highest BCUT2D eigenvalue weighted by Gasteiger charge is 2.26. The van der Waals surface area contributed by atoms with Crippen molar-refractivity contribution in [1.82, 2.24) is 20.4 Å². The fraction of sp³-hybridized carbons (Fsp3) is 0.846. The normalized spacial score (nSPS) is 26.8. The van der Waals surface area contributed by atoms with Crippen LogP contribution in [-0.4, -0.2) is 41.7 Å². The van der Waals surface area contributed by atoms with Gasteiger partial charge in [-0.3, -0.25) is 4.90 Å². The van der Waals surface area contributed by atoms with Gasteiger partial charge in [-0.05, 0) is 25.8 Å². The molecule has 0 amide bonds. The van der Waals surface area contributed by atoms with Gasteiger partial charge in [0.1, 0.15) is 0 Å². The van der Waals surface area contributed by atoms with Crippen LogP contribution in [0.5, 0.6) is 0 Å². The molecule has 0 bridgehead atoms. The molecule has 1 aliphatic carbocycles. The highest BCUT2D eigenvalue weighted by Crippen LogP contribution is 2.28. The molecule has 100 valence electrons. The summed E-state index contributed by atoms with van der Waals surface area (Å²) >= 11 is 0. The fourth-order valence-electron chi connectivity index (χ4n) is 3.04. The quantitative estimate of drug-likeness (QED) is 0.878. The van der Waals surface area contributed by atoms with Crippen molar-refractivity contribution < 1.29 is 4.52 Å². The smallest absolute Gasteiger partial charge is 0.226 e. The van der Waals surface area contributed by atoms with Crippen LogP contribution in [0, 0.1) is 5.92 Å². The highest BCUT2D eigenvalue weighted by molar-refractivity contribution is 4.98. The second kappa shape index (κ2) is 5.36. The van der Waals surface area contributed by atoms with E-state index in [1.165, 1.54) is 25.7 Å². The van der Waals surface area contributed by atoms with Gasteiger partial charge < -0.3 is 9.84 Å². The van der Waals surface area contributed by atoms with Crippen LogP contribution in [0.4, 0.5) is 0 Å². The average molecular weight is 250 g/mol. The first-order chi connectivity index (χ1) is 8.83. The van der Waals surface area contributed by atoms with Gasteiger partial charge in [0, 0.05) is 26.1 Å². The molecule has 5 nitrogen and oxygen atoms in total. The lowest BCUT2D eigenvalue weighted by Gasteiger charge is -2.30. The number of hydrogen-bond acceptors (Lipinski definition) is 5. The predicted molar refractivity (Wildman–Crippen MR) is 68.2 cm³/mol. The maximum Gasteiger partial charge on any atom is 0.226 e. The molecule has 2 aliphatic rings. The molecule has 1 saturated heterocycles. The minimum Gasteiger partial charge on any atom is -0.339 e. The van der Waals surface area contributed by atoms with Crippen LogP contribution in [0.1, 0.15) is 43.4 Å². The fourth-order valence-corrected chi connectivity index (χ4v) is 3.04. The van der Waals surface area contributed by atoms with Gasteiger partial charge >= 0.3 is 0 Å². The third kappa shape index (κ3) is 2.57. The number of nitrogens with one attached hydrogen (secondary N) is 1. The van der Waals surface area contributed by atoms with E-state index in [4.69, 9.17) is 4.52 Å². The Morgan fingerprint density at radius 3 is 3.00 bits per heavy atom. The van der Waals surface area contributed by atoms with Crippen molar-refractivity contribution in [2.24, 2.45) is 5.92 Å². The molecule has 3 rings (SSSR count). The number of rotatable bonds is 3. The largest absolute Gasteiger partial charge is 0.339 e. The Kier molecular flexibility index (Phi) is 3.61. The molecule has 18 heavy (non-hydrogen) atoms. The summed E-state index contributed by atoms with van der Waals surface area (Å²) in [5.74, 6) is 2.44. The third-order valence-electron chi connectivity index (χ3n) is 4.23. The third-order valence-corrected chi connectivity index (χ3v) is 4.23. The minimum atomic E-state index is 0.264. The highest BCUT2D eigenvalue weighted by atomic mass is 16.5. The first kappa shape index (κ1) is 12.1. The molecule has 1 unspecified atom stereocenters. The number of piperazine rings is 1. The van der Waals surface area contributed by atoms with Crippen LogP contribution in [0.3, 0.4) is 0 Å². The van der Waals surface area contributed by atoms with E-state index in [0.29, 0.717) is 0 Å². The van der Waals surface area contributed by atoms with E-state index >= 15 is 0 Å². The van der Waals surface area contributed by atoms with Crippen molar-refractivity contribution in [1.29, 1.82) is 0 Å². The minimum absolute atomic E-state index is 0.264. The van der Waals surface area contributed by atoms with Crippen LogP contribution < -0.4 is 5.32 Å². The van der Waals surface area contributed by atoms with Crippen LogP contribution in [0.25, 0.3) is 0 Å². The molecule has 2 heterocycles. The summed E-state index contributed by atoms with van der Waals surface area (Å²) < 4.78 is 5.41. The molecule has 1 aromatic rings. The van der Waals surface area contributed by atoms with Crippen molar-refractivity contribution in [2.75, 3.05) is 26.7 Å². The van der Waals surface area contributed by atoms with Gasteiger partial charge in [-0.2, -0.15) is 4.98 Å². The summed E-state index contributed by atoms with van der Waals surface area (Å²) in [5, 5.41) is 7.55. The molecule has 1 saturated carbocycles. The number of hydrogen-bond donors (Lipinski definition) is 1. The molecule has 5 heteroatoms. The zero-order valence-corrected chi connectivity index (χ0v) is 11.1. The van der Waals surface area contributed by atoms with Crippen molar-refractivity contribution in [3.63, 3.8) is 0 Å². The average Bonchev–Trinajstić information content (AvgIpc) is 3.02. The number of nitrogens with zero attached hydrogens (tertiary/aromatic N) is 3. The van der Waals surface area contributed by atoms with E-state index in [2.05, 4.69) is 27.4 Å². The monoisotopic (exact) mass is 250 g/mol. The molecular formula is C13H22N4O. The summed E-state index contributed by atoms with van der Waals surface area (Å²) in [6, 6.07) is 0.264. The van der Waals surface area contributed by atoms with Gasteiger partial charge in [0.25, 0.3) is 0 Å². The van der Waals surface area contributed by atoms with Crippen LogP contribution in [-0.2, 0) is 6.42 Å². The zero-order valence-electron chi connectivity index (χ0n) is 11.1. The Bertz CT molecular complexity index is 386. The molecule has 2 fully saturated rings. The van der Waals surface area contributed by atoms with Gasteiger partial charge in [-0.25, -0.2) is 0 Å². The lowest BCUT2D eigenvalue weighted by atomic mass is 10.0. The van der Waals surface area contributed by atoms with Gasteiger partial charge in [0.2, 0.25) is 5.89 Å². The summed E-state index contributed by atoms with van der Waals surface area (Å²) in [6.07, 6.45) is 6.34. The summed E-state index contributed by atoms with van der Waals surface area (Å²) in [5.41, 5.74) is 0. The van der Waals surface area contributed by atoms with Crippen molar-refractivity contribution in [2.45, 2.75) is 38.1 Å². The van der Waals surface area contributed by atoms with Gasteiger partial charge in [-0.15, -0.1) is 0 Å². The van der Waals surface area contributed by atoms with Crippen LogP contribution in [0.2, 0.25) is 0 Å². The number of aromatic nitrogens is 2. The number of likely N-dealkylation sites (N-methyl/N-ethyl adjacent to an activating group) is 1. The van der Waals surface area contributed by atoms with Gasteiger partial charge in [0.15, 0.2) is 5.82 Å². The summed E-state index contributed by atoms with van der Waals surface area (Å²) in [6.45, 7) is 3.00. The van der Waals surface area contributed by atoms with Crippen LogP contribution >= 0.6 is 0 Å². The van der Waals surface area contributed by atoms with E-state index in [1.807, 2.05) is 0 Å². The van der Waals surface area contributed by atoms with Crippen molar-refractivity contribution >= 4 is 0 Å². The Hall–Kier alpha value is -0.940.